The molecule has 6 heteroatoms. The number of hydrogen-bond acceptors (Lipinski definition) is 5. The molecule has 4 rings (SSSR count). The molecule has 27 heavy (non-hydrogen) atoms. The van der Waals surface area contributed by atoms with E-state index in [1.54, 1.807) is 0 Å². The molecule has 3 heterocycles. The number of likely N-dealkylation sites (N-methyl/N-ethyl adjacent to an activating group) is 1. The normalized spacial score (nSPS) is 29.8. The highest BCUT2D eigenvalue weighted by Gasteiger charge is 2.47. The third-order valence-electron chi connectivity index (χ3n) is 7.27. The summed E-state index contributed by atoms with van der Waals surface area (Å²) < 4.78 is 11.4. The number of hydrogen-bond donors (Lipinski definition) is 0. The maximum absolute atomic E-state index is 12.5. The molecule has 1 amide bonds. The van der Waals surface area contributed by atoms with Crippen molar-refractivity contribution in [1.82, 2.24) is 14.7 Å². The molecule has 0 N–H and O–H groups in total. The zero-order chi connectivity index (χ0) is 18.7. The molecule has 0 radical (unpaired) electrons. The lowest BCUT2D eigenvalue weighted by Gasteiger charge is -2.38. The molecule has 1 spiro atoms. The average molecular weight is 380 g/mol. The van der Waals surface area contributed by atoms with Gasteiger partial charge in [0.2, 0.25) is 0 Å². The van der Waals surface area contributed by atoms with E-state index >= 15 is 0 Å². The largest absolute Gasteiger partial charge is 0.441 e. The molecular weight excluding hydrogens is 342 g/mol. The minimum absolute atomic E-state index is 0.0929. The third-order valence-corrected chi connectivity index (χ3v) is 7.27. The van der Waals surface area contributed by atoms with E-state index in [0.29, 0.717) is 12.0 Å². The van der Waals surface area contributed by atoms with Crippen LogP contribution in [0.4, 0.5) is 4.79 Å². The third kappa shape index (κ3) is 4.77. The zero-order valence-electron chi connectivity index (χ0n) is 17.0. The number of carbonyl (C=O) groups excluding carboxylic acids is 1. The lowest BCUT2D eigenvalue weighted by atomic mass is 9.90. The summed E-state index contributed by atoms with van der Waals surface area (Å²) in [7, 11) is 2.22. The van der Waals surface area contributed by atoms with Crippen LogP contribution in [0.2, 0.25) is 0 Å². The first kappa shape index (κ1) is 19.5. The molecule has 1 saturated carbocycles. The van der Waals surface area contributed by atoms with Crippen molar-refractivity contribution in [2.75, 3.05) is 59.5 Å². The molecule has 0 bridgehead atoms. The fraction of sp³-hybridized carbons (Fsp3) is 0.952. The van der Waals surface area contributed by atoms with Crippen molar-refractivity contribution in [1.29, 1.82) is 0 Å². The predicted octanol–water partition coefficient (Wildman–Crippen LogP) is 2.57. The smallest absolute Gasteiger partial charge is 0.410 e. The van der Waals surface area contributed by atoms with E-state index in [-0.39, 0.29) is 11.7 Å². The van der Waals surface area contributed by atoms with Crippen LogP contribution < -0.4 is 0 Å². The number of carbonyl (C=O) groups is 1. The summed E-state index contributed by atoms with van der Waals surface area (Å²) in [4.78, 5) is 19.4. The van der Waals surface area contributed by atoms with Gasteiger partial charge in [0, 0.05) is 58.2 Å². The van der Waals surface area contributed by atoms with Gasteiger partial charge in [0.15, 0.2) is 0 Å². The Morgan fingerprint density at radius 2 is 1.93 bits per heavy atom. The van der Waals surface area contributed by atoms with Gasteiger partial charge in [-0.15, -0.1) is 0 Å². The first-order chi connectivity index (χ1) is 13.1. The first-order valence-corrected chi connectivity index (χ1v) is 11.1. The van der Waals surface area contributed by atoms with Crippen LogP contribution in [0.5, 0.6) is 0 Å². The summed E-state index contributed by atoms with van der Waals surface area (Å²) in [6.45, 7) is 7.60. The van der Waals surface area contributed by atoms with Gasteiger partial charge in [-0.05, 0) is 32.2 Å². The number of likely N-dealkylation sites (tertiary alicyclic amines) is 1. The highest BCUT2D eigenvalue weighted by atomic mass is 16.6. The maximum atomic E-state index is 12.5. The van der Waals surface area contributed by atoms with Gasteiger partial charge in [0.1, 0.15) is 5.60 Å². The van der Waals surface area contributed by atoms with Gasteiger partial charge in [-0.1, -0.05) is 19.3 Å². The van der Waals surface area contributed by atoms with Gasteiger partial charge in [-0.3, -0.25) is 0 Å². The van der Waals surface area contributed by atoms with Crippen LogP contribution in [-0.4, -0.2) is 92.0 Å². The number of rotatable bonds is 6. The Balaban J connectivity index is 1.21. The summed E-state index contributed by atoms with van der Waals surface area (Å²) in [5.74, 6) is 0.692. The monoisotopic (exact) mass is 379 g/mol. The van der Waals surface area contributed by atoms with Crippen molar-refractivity contribution in [3.05, 3.63) is 0 Å². The molecule has 0 aromatic heterocycles. The Morgan fingerprint density at radius 3 is 2.63 bits per heavy atom. The van der Waals surface area contributed by atoms with E-state index in [0.717, 1.165) is 65.3 Å². The average Bonchev–Trinajstić information content (AvgIpc) is 3.30. The van der Waals surface area contributed by atoms with Gasteiger partial charge in [-0.25, -0.2) is 4.79 Å². The minimum atomic E-state index is -0.233. The molecule has 1 atom stereocenters. The number of ether oxygens (including phenoxy) is 2. The lowest BCUT2D eigenvalue weighted by Crippen LogP contribution is -2.48. The molecule has 6 nitrogen and oxygen atoms in total. The Kier molecular flexibility index (Phi) is 6.25. The second-order valence-corrected chi connectivity index (χ2v) is 9.28. The van der Waals surface area contributed by atoms with Crippen molar-refractivity contribution in [2.24, 2.45) is 5.92 Å². The van der Waals surface area contributed by atoms with Crippen molar-refractivity contribution in [3.63, 3.8) is 0 Å². The second-order valence-electron chi connectivity index (χ2n) is 9.28. The topological polar surface area (TPSA) is 45.2 Å². The molecule has 1 aliphatic carbocycles. The van der Waals surface area contributed by atoms with Gasteiger partial charge in [0.25, 0.3) is 0 Å². The standard InChI is InChI=1S/C21H37N3O3/c1-22(19-5-3-2-4-6-19)12-13-24-17-21(27-20(24)25)8-10-23(11-9-21)15-18-7-14-26-16-18/h18-19H,2-17H2,1H3. The number of nitrogens with zero attached hydrogens (tertiary/aromatic N) is 3. The van der Waals surface area contributed by atoms with E-state index in [4.69, 9.17) is 9.47 Å². The van der Waals surface area contributed by atoms with Crippen LogP contribution in [0.3, 0.4) is 0 Å². The molecule has 3 aliphatic heterocycles. The number of amides is 1. The molecule has 4 fully saturated rings. The summed E-state index contributed by atoms with van der Waals surface area (Å²) in [6.07, 6.45) is 9.77. The minimum Gasteiger partial charge on any atom is -0.441 e. The molecule has 4 aliphatic rings. The SMILES string of the molecule is CN(CCN1CC2(CCN(CC3CCOC3)CC2)OC1=O)C1CCCCC1. The Bertz CT molecular complexity index is 495. The molecule has 0 aromatic rings. The highest BCUT2D eigenvalue weighted by Crippen LogP contribution is 2.34. The van der Waals surface area contributed by atoms with Gasteiger partial charge < -0.3 is 24.2 Å². The van der Waals surface area contributed by atoms with E-state index in [2.05, 4.69) is 16.8 Å². The molecule has 0 aromatic carbocycles. The Labute approximate surface area is 164 Å². The summed E-state index contributed by atoms with van der Waals surface area (Å²) in [6, 6.07) is 0.703. The van der Waals surface area contributed by atoms with Crippen LogP contribution in [0, 0.1) is 5.92 Å². The summed E-state index contributed by atoms with van der Waals surface area (Å²) >= 11 is 0. The van der Waals surface area contributed by atoms with Crippen LogP contribution in [-0.2, 0) is 9.47 Å². The van der Waals surface area contributed by atoms with Crippen molar-refractivity contribution >= 4 is 6.09 Å². The van der Waals surface area contributed by atoms with Crippen molar-refractivity contribution in [2.45, 2.75) is 63.0 Å². The van der Waals surface area contributed by atoms with Crippen LogP contribution >= 0.6 is 0 Å². The quantitative estimate of drug-likeness (QED) is 0.710. The molecule has 154 valence electrons. The van der Waals surface area contributed by atoms with Crippen LogP contribution in [0.1, 0.15) is 51.4 Å². The van der Waals surface area contributed by atoms with Crippen molar-refractivity contribution in [3.8, 4) is 0 Å². The molecular formula is C21H37N3O3. The fourth-order valence-corrected chi connectivity index (χ4v) is 5.34. The van der Waals surface area contributed by atoms with Gasteiger partial charge in [0.05, 0.1) is 13.2 Å². The van der Waals surface area contributed by atoms with E-state index < -0.39 is 0 Å². The van der Waals surface area contributed by atoms with Crippen LogP contribution in [0.25, 0.3) is 0 Å². The van der Waals surface area contributed by atoms with Gasteiger partial charge in [-0.2, -0.15) is 0 Å². The highest BCUT2D eigenvalue weighted by molar-refractivity contribution is 5.70. The van der Waals surface area contributed by atoms with E-state index in [1.165, 1.54) is 38.5 Å². The lowest BCUT2D eigenvalue weighted by molar-refractivity contribution is -0.00293. The van der Waals surface area contributed by atoms with E-state index in [9.17, 15) is 4.79 Å². The van der Waals surface area contributed by atoms with Crippen molar-refractivity contribution < 1.29 is 14.3 Å². The molecule has 3 saturated heterocycles. The predicted molar refractivity (Wildman–Crippen MR) is 105 cm³/mol. The Morgan fingerprint density at radius 1 is 1.15 bits per heavy atom. The van der Waals surface area contributed by atoms with Crippen LogP contribution in [0.15, 0.2) is 0 Å². The summed E-state index contributed by atoms with van der Waals surface area (Å²) in [5, 5.41) is 0. The fourth-order valence-electron chi connectivity index (χ4n) is 5.34. The second kappa shape index (κ2) is 8.66. The van der Waals surface area contributed by atoms with Gasteiger partial charge >= 0.3 is 6.09 Å². The number of piperidine rings is 1. The zero-order valence-corrected chi connectivity index (χ0v) is 17.0. The maximum Gasteiger partial charge on any atom is 0.410 e. The summed E-state index contributed by atoms with van der Waals surface area (Å²) in [5.41, 5.74) is -0.233. The first-order valence-electron chi connectivity index (χ1n) is 11.1. The molecule has 1 unspecified atom stereocenters. The van der Waals surface area contributed by atoms with E-state index in [1.807, 2.05) is 4.90 Å². The Hall–Kier alpha value is -0.850.